The highest BCUT2D eigenvalue weighted by molar-refractivity contribution is 8.14. The van der Waals surface area contributed by atoms with Crippen molar-refractivity contribution in [2.75, 3.05) is 10.7 Å². The Morgan fingerprint density at radius 3 is 2.06 bits per heavy atom. The maximum Gasteiger partial charge on any atom is 0.137 e. The van der Waals surface area contributed by atoms with Gasteiger partial charge in [-0.1, -0.05) is 133 Å². The molecular formula is C49H49N3OS. The van der Waals surface area contributed by atoms with Crippen LogP contribution in [-0.2, 0) is 10.8 Å². The van der Waals surface area contributed by atoms with Gasteiger partial charge in [0.25, 0.3) is 0 Å². The van der Waals surface area contributed by atoms with Crippen molar-refractivity contribution in [2.24, 2.45) is 4.99 Å². The lowest BCUT2D eigenvalue weighted by Gasteiger charge is -2.41. The number of rotatable bonds is 8. The SMILES string of the molecule is CC(C)c1cc(Oc2ccc3c(c2)N(c2cc(C(C)(C)C)ccn2)c2ccccc2C3(C)C)cc(C2=N[C@H](C(c3ccccc3)c3ccccc3)CS2)c1. The van der Waals surface area contributed by atoms with E-state index in [0.29, 0.717) is 5.92 Å². The number of hydrogen-bond acceptors (Lipinski definition) is 5. The normalized spacial score (nSPS) is 16.3. The topological polar surface area (TPSA) is 37.7 Å². The van der Waals surface area contributed by atoms with E-state index in [0.717, 1.165) is 45.1 Å². The first kappa shape index (κ1) is 35.9. The van der Waals surface area contributed by atoms with Crippen molar-refractivity contribution in [2.45, 2.75) is 77.2 Å². The first-order chi connectivity index (χ1) is 26.0. The van der Waals surface area contributed by atoms with Crippen LogP contribution in [0.3, 0.4) is 0 Å². The van der Waals surface area contributed by atoms with Crippen LogP contribution >= 0.6 is 11.8 Å². The van der Waals surface area contributed by atoms with E-state index in [1.807, 2.05) is 18.0 Å². The van der Waals surface area contributed by atoms with Gasteiger partial charge in [-0.15, -0.1) is 11.8 Å². The standard InChI is InChI=1S/C49H49N3OS/c1-32(2)35-26-36(47-51-42(31-54-47)46(33-16-10-8-11-17-33)34-18-12-9-13-19-34)28-39(27-35)53-38-22-23-41-44(30-38)52(43-21-15-14-20-40(43)49(41,6)7)45-29-37(24-25-50-45)48(3,4)5/h8-30,32,42,46H,31H2,1-7H3/t42-/m0/s1. The molecule has 0 radical (unpaired) electrons. The Morgan fingerprint density at radius 1 is 0.704 bits per heavy atom. The summed E-state index contributed by atoms with van der Waals surface area (Å²) in [5.74, 6) is 3.96. The van der Waals surface area contributed by atoms with Crippen LogP contribution in [0.25, 0.3) is 0 Å². The number of aliphatic imine (C=N–C) groups is 1. The van der Waals surface area contributed by atoms with Crippen LogP contribution in [0, 0.1) is 0 Å². The number of pyridine rings is 1. The molecule has 5 heteroatoms. The summed E-state index contributed by atoms with van der Waals surface area (Å²) in [6, 6.07) is 48.1. The van der Waals surface area contributed by atoms with Crippen LogP contribution in [0.2, 0.25) is 0 Å². The van der Waals surface area contributed by atoms with Gasteiger partial charge in [-0.25, -0.2) is 4.98 Å². The Hall–Kier alpha value is -5.13. The number of aromatic nitrogens is 1. The van der Waals surface area contributed by atoms with Gasteiger partial charge in [0, 0.05) is 34.9 Å². The first-order valence-electron chi connectivity index (χ1n) is 19.1. The molecule has 2 aliphatic heterocycles. The van der Waals surface area contributed by atoms with Crippen LogP contribution in [0.15, 0.2) is 145 Å². The number of nitrogens with zero attached hydrogens (tertiary/aromatic N) is 3. The molecule has 0 spiro atoms. The smallest absolute Gasteiger partial charge is 0.137 e. The van der Waals surface area contributed by atoms with E-state index in [9.17, 15) is 0 Å². The molecule has 2 aliphatic rings. The minimum Gasteiger partial charge on any atom is -0.457 e. The Kier molecular flexibility index (Phi) is 9.48. The van der Waals surface area contributed by atoms with Gasteiger partial charge in [0.1, 0.15) is 17.3 Å². The lowest BCUT2D eigenvalue weighted by atomic mass is 9.73. The lowest BCUT2D eigenvalue weighted by molar-refractivity contribution is 0.480. The number of benzene rings is 5. The second-order valence-corrected chi connectivity index (χ2v) is 17.5. The van der Waals surface area contributed by atoms with Crippen molar-refractivity contribution < 1.29 is 4.74 Å². The summed E-state index contributed by atoms with van der Waals surface area (Å²) in [6.07, 6.45) is 1.94. The third-order valence-electron chi connectivity index (χ3n) is 11.0. The van der Waals surface area contributed by atoms with E-state index >= 15 is 0 Å². The van der Waals surface area contributed by atoms with Crippen molar-refractivity contribution >= 4 is 34.0 Å². The van der Waals surface area contributed by atoms with Gasteiger partial charge in [-0.3, -0.25) is 9.89 Å². The number of thioether (sulfide) groups is 1. The summed E-state index contributed by atoms with van der Waals surface area (Å²) in [4.78, 5) is 12.7. The molecule has 272 valence electrons. The van der Waals surface area contributed by atoms with Crippen molar-refractivity contribution in [3.05, 3.63) is 179 Å². The molecule has 0 amide bonds. The molecule has 4 nitrogen and oxygen atoms in total. The summed E-state index contributed by atoms with van der Waals surface area (Å²) in [5.41, 5.74) is 10.7. The second-order valence-electron chi connectivity index (χ2n) is 16.5. The molecule has 0 unspecified atom stereocenters. The Bertz CT molecular complexity index is 2280. The quantitative estimate of drug-likeness (QED) is 0.156. The van der Waals surface area contributed by atoms with Gasteiger partial charge in [-0.2, -0.15) is 0 Å². The van der Waals surface area contributed by atoms with Crippen LogP contribution < -0.4 is 9.64 Å². The summed E-state index contributed by atoms with van der Waals surface area (Å²) in [6.45, 7) is 15.9. The van der Waals surface area contributed by atoms with Crippen LogP contribution in [0.4, 0.5) is 17.2 Å². The van der Waals surface area contributed by atoms with Gasteiger partial charge in [0.05, 0.1) is 22.5 Å². The van der Waals surface area contributed by atoms with Gasteiger partial charge in [0.15, 0.2) is 0 Å². The second kappa shape index (κ2) is 14.3. The molecule has 0 bridgehead atoms. The highest BCUT2D eigenvalue weighted by atomic mass is 32.2. The van der Waals surface area contributed by atoms with E-state index in [-0.39, 0.29) is 22.8 Å². The zero-order valence-corrected chi connectivity index (χ0v) is 33.2. The molecular weight excluding hydrogens is 679 g/mol. The Morgan fingerprint density at radius 2 is 1.37 bits per heavy atom. The molecule has 0 N–H and O–H groups in total. The summed E-state index contributed by atoms with van der Waals surface area (Å²) in [5, 5.41) is 1.07. The van der Waals surface area contributed by atoms with Gasteiger partial charge >= 0.3 is 0 Å². The van der Waals surface area contributed by atoms with Crippen molar-refractivity contribution in [3.63, 3.8) is 0 Å². The third-order valence-corrected chi connectivity index (χ3v) is 12.1. The highest BCUT2D eigenvalue weighted by Gasteiger charge is 2.38. The lowest BCUT2D eigenvalue weighted by Crippen LogP contribution is -2.31. The van der Waals surface area contributed by atoms with Crippen LogP contribution in [0.5, 0.6) is 11.5 Å². The molecule has 0 saturated carbocycles. The molecule has 8 rings (SSSR count). The van der Waals surface area contributed by atoms with E-state index in [1.54, 1.807) is 0 Å². The summed E-state index contributed by atoms with van der Waals surface area (Å²) >= 11 is 1.85. The average Bonchev–Trinajstić information content (AvgIpc) is 3.65. The highest BCUT2D eigenvalue weighted by Crippen LogP contribution is 2.52. The fraction of sp³-hybridized carbons (Fsp3) is 0.265. The van der Waals surface area contributed by atoms with Gasteiger partial charge in [0.2, 0.25) is 0 Å². The monoisotopic (exact) mass is 727 g/mol. The van der Waals surface area contributed by atoms with Crippen LogP contribution in [-0.4, -0.2) is 21.8 Å². The summed E-state index contributed by atoms with van der Waals surface area (Å²) < 4.78 is 6.86. The summed E-state index contributed by atoms with van der Waals surface area (Å²) in [7, 11) is 0. The third kappa shape index (κ3) is 6.86. The molecule has 3 heterocycles. The maximum atomic E-state index is 6.86. The van der Waals surface area contributed by atoms with Gasteiger partial charge in [-0.05, 0) is 87.2 Å². The zero-order chi connectivity index (χ0) is 37.6. The largest absolute Gasteiger partial charge is 0.457 e. The molecule has 0 saturated heterocycles. The molecule has 0 aliphatic carbocycles. The van der Waals surface area contributed by atoms with E-state index in [1.165, 1.54) is 33.4 Å². The van der Waals surface area contributed by atoms with E-state index in [2.05, 4.69) is 187 Å². The molecule has 0 fully saturated rings. The molecule has 1 atom stereocenters. The van der Waals surface area contributed by atoms with Gasteiger partial charge < -0.3 is 4.74 Å². The molecule has 5 aromatic carbocycles. The number of para-hydroxylation sites is 1. The minimum absolute atomic E-state index is 0.00881. The number of hydrogen-bond donors (Lipinski definition) is 0. The van der Waals surface area contributed by atoms with E-state index in [4.69, 9.17) is 14.7 Å². The van der Waals surface area contributed by atoms with Crippen molar-refractivity contribution in [1.82, 2.24) is 4.98 Å². The Labute approximate surface area is 325 Å². The average molecular weight is 728 g/mol. The van der Waals surface area contributed by atoms with Crippen molar-refractivity contribution in [1.29, 1.82) is 0 Å². The Balaban J connectivity index is 1.17. The van der Waals surface area contributed by atoms with Crippen LogP contribution in [0.1, 0.15) is 99.2 Å². The number of fused-ring (bicyclic) bond motifs is 2. The fourth-order valence-electron chi connectivity index (χ4n) is 7.96. The predicted molar refractivity (Wildman–Crippen MR) is 228 cm³/mol. The first-order valence-corrected chi connectivity index (χ1v) is 20.1. The predicted octanol–water partition coefficient (Wildman–Crippen LogP) is 13.1. The maximum absolute atomic E-state index is 6.86. The van der Waals surface area contributed by atoms with Crippen molar-refractivity contribution in [3.8, 4) is 11.5 Å². The van der Waals surface area contributed by atoms with E-state index < -0.39 is 0 Å². The zero-order valence-electron chi connectivity index (χ0n) is 32.4. The number of ether oxygens (including phenoxy) is 1. The fourth-order valence-corrected chi connectivity index (χ4v) is 9.05. The minimum atomic E-state index is -0.209. The molecule has 54 heavy (non-hydrogen) atoms. The number of anilines is 3. The molecule has 6 aromatic rings. The molecule has 1 aromatic heterocycles.